The lowest BCUT2D eigenvalue weighted by molar-refractivity contribution is -0.0729. The lowest BCUT2D eigenvalue weighted by Gasteiger charge is -2.30. The third kappa shape index (κ3) is 4.29. The number of hydrogen-bond acceptors (Lipinski definition) is 3. The van der Waals surface area contributed by atoms with Gasteiger partial charge < -0.3 is 5.11 Å². The van der Waals surface area contributed by atoms with E-state index in [2.05, 4.69) is 0 Å². The highest BCUT2D eigenvalue weighted by molar-refractivity contribution is 5.95. The average molecular weight is 235 g/mol. The molecule has 0 heterocycles. The lowest BCUT2D eigenvalue weighted by Crippen LogP contribution is -2.40. The van der Waals surface area contributed by atoms with Gasteiger partial charge in [-0.15, -0.1) is 0 Å². The Kier molecular flexibility index (Phi) is 4.85. The highest BCUT2D eigenvalue weighted by Gasteiger charge is 2.22. The molecule has 3 heteroatoms. The minimum absolute atomic E-state index is 0.139. The Morgan fingerprint density at radius 1 is 1.29 bits per heavy atom. The van der Waals surface area contributed by atoms with Gasteiger partial charge >= 0.3 is 0 Å². The summed E-state index contributed by atoms with van der Waals surface area (Å²) in [5, 5.41) is 9.99. The third-order valence-electron chi connectivity index (χ3n) is 3.11. The van der Waals surface area contributed by atoms with Crippen molar-refractivity contribution in [3.63, 3.8) is 0 Å². The van der Waals surface area contributed by atoms with E-state index >= 15 is 0 Å². The molecule has 17 heavy (non-hydrogen) atoms. The van der Waals surface area contributed by atoms with Crippen molar-refractivity contribution in [2.45, 2.75) is 31.9 Å². The van der Waals surface area contributed by atoms with E-state index in [1.54, 1.807) is 11.8 Å². The van der Waals surface area contributed by atoms with Crippen LogP contribution >= 0.6 is 0 Å². The van der Waals surface area contributed by atoms with Crippen molar-refractivity contribution < 1.29 is 9.90 Å². The van der Waals surface area contributed by atoms with Crippen molar-refractivity contribution >= 4 is 5.78 Å². The van der Waals surface area contributed by atoms with Gasteiger partial charge in [0, 0.05) is 12.0 Å². The predicted octanol–water partition coefficient (Wildman–Crippen LogP) is 2.31. The van der Waals surface area contributed by atoms with Crippen molar-refractivity contribution in [1.29, 1.82) is 0 Å². The van der Waals surface area contributed by atoms with E-state index in [0.29, 0.717) is 19.3 Å². The summed E-state index contributed by atoms with van der Waals surface area (Å²) in [5.41, 5.74) is -0.0891. The van der Waals surface area contributed by atoms with Crippen LogP contribution in [0.3, 0.4) is 0 Å². The van der Waals surface area contributed by atoms with E-state index < -0.39 is 5.72 Å². The van der Waals surface area contributed by atoms with Crippen LogP contribution in [0.25, 0.3) is 0 Å². The highest BCUT2D eigenvalue weighted by atomic mass is 16.3. The van der Waals surface area contributed by atoms with Gasteiger partial charge in [-0.2, -0.15) is 0 Å². The van der Waals surface area contributed by atoms with Crippen LogP contribution in [0.15, 0.2) is 30.3 Å². The maximum atomic E-state index is 11.8. The Hall–Kier alpha value is -1.19. The van der Waals surface area contributed by atoms with Crippen molar-refractivity contribution in [2.75, 3.05) is 14.1 Å². The zero-order valence-electron chi connectivity index (χ0n) is 10.8. The van der Waals surface area contributed by atoms with Gasteiger partial charge in [0.25, 0.3) is 0 Å². The van der Waals surface area contributed by atoms with Gasteiger partial charge in [-0.05, 0) is 33.9 Å². The second-order valence-corrected chi connectivity index (χ2v) is 4.75. The number of nitrogens with zero attached hydrogens (tertiary/aromatic N) is 1. The van der Waals surface area contributed by atoms with Crippen LogP contribution in [0.5, 0.6) is 0 Å². The molecule has 0 radical (unpaired) electrons. The molecule has 0 fully saturated rings. The second kappa shape index (κ2) is 5.94. The molecule has 0 aliphatic heterocycles. The first-order valence-corrected chi connectivity index (χ1v) is 5.91. The van der Waals surface area contributed by atoms with Gasteiger partial charge in [-0.25, -0.2) is 0 Å². The minimum Gasteiger partial charge on any atom is -0.376 e. The van der Waals surface area contributed by atoms with Crippen molar-refractivity contribution in [1.82, 2.24) is 4.90 Å². The molecule has 0 aliphatic rings. The number of carbonyl (C=O) groups excluding carboxylic acids is 1. The van der Waals surface area contributed by atoms with Crippen LogP contribution in [0.2, 0.25) is 0 Å². The van der Waals surface area contributed by atoms with Crippen LogP contribution < -0.4 is 0 Å². The number of carbonyl (C=O) groups is 1. The molecule has 0 saturated heterocycles. The maximum Gasteiger partial charge on any atom is 0.162 e. The average Bonchev–Trinajstić information content (AvgIpc) is 2.29. The third-order valence-corrected chi connectivity index (χ3v) is 3.11. The number of hydrogen-bond donors (Lipinski definition) is 1. The summed E-state index contributed by atoms with van der Waals surface area (Å²) >= 11 is 0. The van der Waals surface area contributed by atoms with Gasteiger partial charge in [0.15, 0.2) is 5.78 Å². The summed E-state index contributed by atoms with van der Waals surface area (Å²) in [6.45, 7) is 1.76. The summed E-state index contributed by atoms with van der Waals surface area (Å²) < 4.78 is 0. The zero-order valence-corrected chi connectivity index (χ0v) is 10.8. The summed E-state index contributed by atoms with van der Waals surface area (Å²) in [7, 11) is 3.66. The van der Waals surface area contributed by atoms with Crippen molar-refractivity contribution in [3.8, 4) is 0 Å². The van der Waals surface area contributed by atoms with Gasteiger partial charge in [0.2, 0.25) is 0 Å². The first-order valence-electron chi connectivity index (χ1n) is 5.91. The molecule has 1 unspecified atom stereocenters. The van der Waals surface area contributed by atoms with Gasteiger partial charge in [-0.1, -0.05) is 30.3 Å². The molecule has 0 bridgehead atoms. The Bertz CT molecular complexity index is 358. The van der Waals surface area contributed by atoms with E-state index in [4.69, 9.17) is 0 Å². The summed E-state index contributed by atoms with van der Waals surface area (Å²) in [4.78, 5) is 13.6. The lowest BCUT2D eigenvalue weighted by atomic mass is 10.0. The predicted molar refractivity (Wildman–Crippen MR) is 68.9 cm³/mol. The minimum atomic E-state index is -0.836. The van der Waals surface area contributed by atoms with Crippen molar-refractivity contribution in [3.05, 3.63) is 35.9 Å². The quantitative estimate of drug-likeness (QED) is 0.607. The fourth-order valence-electron chi connectivity index (χ4n) is 1.58. The molecule has 1 N–H and O–H groups in total. The molecule has 1 aromatic carbocycles. The standard InChI is InChI=1S/C14H21NO2/c1-14(17,15(2)3)11-7-10-13(16)12-8-5-4-6-9-12/h4-6,8-9,17H,7,10-11H2,1-3H3. The fraction of sp³-hybridized carbons (Fsp3) is 0.500. The van der Waals surface area contributed by atoms with Crippen LogP contribution in [-0.4, -0.2) is 35.6 Å². The van der Waals surface area contributed by atoms with E-state index in [1.807, 2.05) is 44.4 Å². The molecule has 1 aromatic rings. The van der Waals surface area contributed by atoms with Crippen LogP contribution in [0.1, 0.15) is 36.5 Å². The molecular weight excluding hydrogens is 214 g/mol. The number of benzene rings is 1. The zero-order chi connectivity index (χ0) is 12.9. The molecule has 1 atom stereocenters. The number of Topliss-reactive ketones (excluding diaryl/α,β-unsaturated/α-hetero) is 1. The Balaban J connectivity index is 2.40. The second-order valence-electron chi connectivity index (χ2n) is 4.75. The molecule has 3 nitrogen and oxygen atoms in total. The van der Waals surface area contributed by atoms with Crippen LogP contribution in [-0.2, 0) is 0 Å². The molecule has 0 aliphatic carbocycles. The SMILES string of the molecule is CN(C)C(C)(O)CCCC(=O)c1ccccc1. The van der Waals surface area contributed by atoms with Gasteiger partial charge in [-0.3, -0.25) is 9.69 Å². The molecule has 94 valence electrons. The number of aliphatic hydroxyl groups is 1. The Morgan fingerprint density at radius 2 is 1.88 bits per heavy atom. The van der Waals surface area contributed by atoms with E-state index in [1.165, 1.54) is 0 Å². The topological polar surface area (TPSA) is 40.5 Å². The number of rotatable bonds is 6. The molecule has 1 rings (SSSR count). The molecule has 0 spiro atoms. The monoisotopic (exact) mass is 235 g/mol. The molecule has 0 amide bonds. The van der Waals surface area contributed by atoms with Gasteiger partial charge in [0.05, 0.1) is 0 Å². The van der Waals surface area contributed by atoms with E-state index in [0.717, 1.165) is 5.56 Å². The van der Waals surface area contributed by atoms with E-state index in [-0.39, 0.29) is 5.78 Å². The Morgan fingerprint density at radius 3 is 2.41 bits per heavy atom. The van der Waals surface area contributed by atoms with Crippen molar-refractivity contribution in [2.24, 2.45) is 0 Å². The molecular formula is C14H21NO2. The summed E-state index contributed by atoms with van der Waals surface area (Å²) in [6.07, 6.45) is 1.77. The normalized spacial score (nSPS) is 14.6. The van der Waals surface area contributed by atoms with E-state index in [9.17, 15) is 9.90 Å². The molecule has 0 aromatic heterocycles. The summed E-state index contributed by atoms with van der Waals surface area (Å²) in [5.74, 6) is 0.139. The largest absolute Gasteiger partial charge is 0.376 e. The first-order chi connectivity index (χ1) is 7.93. The number of ketones is 1. The van der Waals surface area contributed by atoms with Crippen LogP contribution in [0, 0.1) is 0 Å². The van der Waals surface area contributed by atoms with Gasteiger partial charge in [0.1, 0.15) is 5.72 Å². The fourth-order valence-corrected chi connectivity index (χ4v) is 1.58. The smallest absolute Gasteiger partial charge is 0.162 e. The van der Waals surface area contributed by atoms with Crippen LogP contribution in [0.4, 0.5) is 0 Å². The Labute approximate surface area is 103 Å². The highest BCUT2D eigenvalue weighted by Crippen LogP contribution is 2.17. The molecule has 0 saturated carbocycles. The first kappa shape index (κ1) is 13.9. The summed E-state index contributed by atoms with van der Waals surface area (Å²) in [6, 6.07) is 9.28. The maximum absolute atomic E-state index is 11.8.